The summed E-state index contributed by atoms with van der Waals surface area (Å²) < 4.78 is 6.20. The Bertz CT molecular complexity index is 613. The van der Waals surface area contributed by atoms with Crippen molar-refractivity contribution in [3.05, 3.63) is 18.2 Å². The third-order valence-electron chi connectivity index (χ3n) is 5.17. The van der Waals surface area contributed by atoms with E-state index in [4.69, 9.17) is 4.74 Å². The maximum atomic E-state index is 12.9. The SMILES string of the molecule is CNC(=O)C[C@@H]1OC(C)(C)C[C@]12CCCN2C(=O)Cc1cnc[nH]1. The average molecular weight is 334 g/mol. The number of ether oxygens (including phenoxy) is 1. The predicted octanol–water partition coefficient (Wildman–Crippen LogP) is 1.02. The van der Waals surface area contributed by atoms with Gasteiger partial charge in [0.25, 0.3) is 0 Å². The van der Waals surface area contributed by atoms with Crippen molar-refractivity contribution in [1.29, 1.82) is 0 Å². The molecule has 1 aromatic rings. The highest BCUT2D eigenvalue weighted by Gasteiger charge is 2.58. The average Bonchev–Trinajstić information content (AvgIpc) is 3.20. The van der Waals surface area contributed by atoms with Crippen LogP contribution in [0.3, 0.4) is 0 Å². The van der Waals surface area contributed by atoms with Crippen LogP contribution in [0.4, 0.5) is 0 Å². The van der Waals surface area contributed by atoms with E-state index in [9.17, 15) is 9.59 Å². The van der Waals surface area contributed by atoms with Gasteiger partial charge in [0.1, 0.15) is 0 Å². The van der Waals surface area contributed by atoms with Gasteiger partial charge in [-0.25, -0.2) is 4.98 Å². The van der Waals surface area contributed by atoms with Crippen LogP contribution in [-0.2, 0) is 20.7 Å². The summed E-state index contributed by atoms with van der Waals surface area (Å²) in [5.74, 6) is 0.0184. The second kappa shape index (κ2) is 6.20. The number of aromatic amines is 1. The van der Waals surface area contributed by atoms with Gasteiger partial charge >= 0.3 is 0 Å². The van der Waals surface area contributed by atoms with Crippen molar-refractivity contribution in [2.24, 2.45) is 0 Å². The number of aromatic nitrogens is 2. The number of carbonyl (C=O) groups excluding carboxylic acids is 2. The van der Waals surface area contributed by atoms with E-state index in [1.165, 1.54) is 0 Å². The molecule has 0 bridgehead atoms. The van der Waals surface area contributed by atoms with Crippen LogP contribution < -0.4 is 5.32 Å². The zero-order chi connectivity index (χ0) is 17.4. The number of hydrogen-bond donors (Lipinski definition) is 2. The number of likely N-dealkylation sites (tertiary alicyclic amines) is 1. The fourth-order valence-corrected chi connectivity index (χ4v) is 4.32. The van der Waals surface area contributed by atoms with Gasteiger partial charge in [-0.2, -0.15) is 0 Å². The van der Waals surface area contributed by atoms with E-state index < -0.39 is 0 Å². The largest absolute Gasteiger partial charge is 0.369 e. The highest BCUT2D eigenvalue weighted by Crippen LogP contribution is 2.48. The molecule has 2 aliphatic rings. The molecule has 2 saturated heterocycles. The molecule has 0 radical (unpaired) electrons. The van der Waals surface area contributed by atoms with Gasteiger partial charge < -0.3 is 19.9 Å². The van der Waals surface area contributed by atoms with E-state index in [0.29, 0.717) is 6.42 Å². The highest BCUT2D eigenvalue weighted by molar-refractivity contribution is 5.80. The number of rotatable bonds is 4. The van der Waals surface area contributed by atoms with E-state index in [2.05, 4.69) is 15.3 Å². The summed E-state index contributed by atoms with van der Waals surface area (Å²) in [7, 11) is 1.63. The van der Waals surface area contributed by atoms with Gasteiger partial charge in [0, 0.05) is 31.9 Å². The third kappa shape index (κ3) is 3.05. The molecule has 2 amide bonds. The number of nitrogens with zero attached hydrogens (tertiary/aromatic N) is 2. The molecule has 1 aromatic heterocycles. The monoisotopic (exact) mass is 334 g/mol. The molecule has 0 aromatic carbocycles. The first kappa shape index (κ1) is 17.0. The molecule has 7 heteroatoms. The third-order valence-corrected chi connectivity index (χ3v) is 5.17. The number of hydrogen-bond acceptors (Lipinski definition) is 4. The molecule has 0 unspecified atom stereocenters. The van der Waals surface area contributed by atoms with Crippen LogP contribution in [-0.4, -0.2) is 57.5 Å². The van der Waals surface area contributed by atoms with Gasteiger partial charge in [-0.15, -0.1) is 0 Å². The fraction of sp³-hybridized carbons (Fsp3) is 0.706. The predicted molar refractivity (Wildman–Crippen MR) is 88.2 cm³/mol. The summed E-state index contributed by atoms with van der Waals surface area (Å²) in [6.45, 7) is 4.79. The number of nitrogens with one attached hydrogen (secondary N) is 2. The minimum absolute atomic E-state index is 0.0510. The Kier molecular flexibility index (Phi) is 4.38. The van der Waals surface area contributed by atoms with Gasteiger partial charge in [-0.05, 0) is 26.7 Å². The van der Waals surface area contributed by atoms with Crippen LogP contribution in [0.25, 0.3) is 0 Å². The molecule has 0 aliphatic carbocycles. The first-order chi connectivity index (χ1) is 11.4. The van der Waals surface area contributed by atoms with E-state index in [1.807, 2.05) is 18.7 Å². The molecular weight excluding hydrogens is 308 g/mol. The van der Waals surface area contributed by atoms with E-state index in [-0.39, 0.29) is 35.5 Å². The van der Waals surface area contributed by atoms with Crippen LogP contribution in [0, 0.1) is 0 Å². The second-order valence-corrected chi connectivity index (χ2v) is 7.43. The van der Waals surface area contributed by atoms with E-state index in [0.717, 1.165) is 31.5 Å². The molecule has 7 nitrogen and oxygen atoms in total. The summed E-state index contributed by atoms with van der Waals surface area (Å²) in [4.78, 5) is 33.8. The lowest BCUT2D eigenvalue weighted by Gasteiger charge is -2.38. The lowest BCUT2D eigenvalue weighted by molar-refractivity contribution is -0.139. The van der Waals surface area contributed by atoms with Crippen molar-refractivity contribution in [3.63, 3.8) is 0 Å². The Balaban J connectivity index is 1.84. The normalized spacial score (nSPS) is 28.5. The summed E-state index contributed by atoms with van der Waals surface area (Å²) in [5, 5.41) is 2.67. The Labute approximate surface area is 142 Å². The molecule has 3 rings (SSSR count). The van der Waals surface area contributed by atoms with Gasteiger partial charge in [0.15, 0.2) is 0 Å². The summed E-state index contributed by atoms with van der Waals surface area (Å²) in [5.41, 5.74) is 0.0888. The Morgan fingerprint density at radius 2 is 2.29 bits per heavy atom. The van der Waals surface area contributed by atoms with Crippen molar-refractivity contribution in [2.75, 3.05) is 13.6 Å². The minimum atomic E-state index is -0.382. The molecule has 3 heterocycles. The molecular formula is C17H26N4O3. The van der Waals surface area contributed by atoms with E-state index >= 15 is 0 Å². The topological polar surface area (TPSA) is 87.3 Å². The molecule has 1 spiro atoms. The Morgan fingerprint density at radius 3 is 2.96 bits per heavy atom. The minimum Gasteiger partial charge on any atom is -0.369 e. The zero-order valence-electron chi connectivity index (χ0n) is 14.6. The van der Waals surface area contributed by atoms with Crippen LogP contribution in [0.15, 0.2) is 12.5 Å². The second-order valence-electron chi connectivity index (χ2n) is 7.43. The summed E-state index contributed by atoms with van der Waals surface area (Å²) >= 11 is 0. The van der Waals surface area contributed by atoms with Crippen molar-refractivity contribution in [2.45, 2.75) is 63.2 Å². The van der Waals surface area contributed by atoms with Crippen molar-refractivity contribution < 1.29 is 14.3 Å². The Hall–Kier alpha value is -1.89. The maximum absolute atomic E-state index is 12.9. The standard InChI is InChI=1S/C17H26N4O3/c1-16(2)10-17(13(24-16)8-14(22)18-3)5-4-6-21(17)15(23)7-12-9-19-11-20-12/h9,11,13H,4-8,10H2,1-3H3,(H,18,22)(H,19,20)/t13-,17+/m0/s1. The summed E-state index contributed by atoms with van der Waals surface area (Å²) in [6.07, 6.45) is 6.17. The molecule has 24 heavy (non-hydrogen) atoms. The van der Waals surface area contributed by atoms with E-state index in [1.54, 1.807) is 19.6 Å². The molecule has 2 N–H and O–H groups in total. The first-order valence-electron chi connectivity index (χ1n) is 8.52. The van der Waals surface area contributed by atoms with Gasteiger partial charge in [-0.1, -0.05) is 0 Å². The van der Waals surface area contributed by atoms with Gasteiger partial charge in [0.2, 0.25) is 11.8 Å². The molecule has 2 fully saturated rings. The van der Waals surface area contributed by atoms with Gasteiger partial charge in [0.05, 0.1) is 36.4 Å². The number of carbonyl (C=O) groups is 2. The lowest BCUT2D eigenvalue weighted by Crippen LogP contribution is -2.54. The smallest absolute Gasteiger partial charge is 0.229 e. The summed E-state index contributed by atoms with van der Waals surface area (Å²) in [6, 6.07) is 0. The molecule has 2 aliphatic heterocycles. The number of amides is 2. The quantitative estimate of drug-likeness (QED) is 0.860. The fourth-order valence-electron chi connectivity index (χ4n) is 4.32. The Morgan fingerprint density at radius 1 is 1.50 bits per heavy atom. The van der Waals surface area contributed by atoms with Crippen molar-refractivity contribution in [3.8, 4) is 0 Å². The maximum Gasteiger partial charge on any atom is 0.229 e. The highest BCUT2D eigenvalue weighted by atomic mass is 16.5. The van der Waals surface area contributed by atoms with Crippen LogP contribution in [0.1, 0.15) is 45.2 Å². The number of imidazole rings is 1. The van der Waals surface area contributed by atoms with Crippen molar-refractivity contribution >= 4 is 11.8 Å². The number of H-pyrrole nitrogens is 1. The molecule has 2 atom stereocenters. The van der Waals surface area contributed by atoms with Gasteiger partial charge in [-0.3, -0.25) is 9.59 Å². The first-order valence-corrected chi connectivity index (χ1v) is 8.52. The molecule has 0 saturated carbocycles. The molecule has 132 valence electrons. The van der Waals surface area contributed by atoms with Crippen molar-refractivity contribution in [1.82, 2.24) is 20.2 Å². The lowest BCUT2D eigenvalue weighted by atomic mass is 9.82. The van der Waals surface area contributed by atoms with Crippen LogP contribution >= 0.6 is 0 Å². The van der Waals surface area contributed by atoms with Crippen LogP contribution in [0.5, 0.6) is 0 Å². The van der Waals surface area contributed by atoms with Crippen LogP contribution in [0.2, 0.25) is 0 Å². The zero-order valence-corrected chi connectivity index (χ0v) is 14.6.